The molecular formula is C14H15N5O2. The van der Waals surface area contributed by atoms with Gasteiger partial charge in [0.1, 0.15) is 11.5 Å². The van der Waals surface area contributed by atoms with E-state index in [9.17, 15) is 9.59 Å². The summed E-state index contributed by atoms with van der Waals surface area (Å²) in [5.41, 5.74) is 6.99. The van der Waals surface area contributed by atoms with E-state index in [1.165, 1.54) is 19.3 Å². The van der Waals surface area contributed by atoms with Crippen LogP contribution in [-0.2, 0) is 11.3 Å². The van der Waals surface area contributed by atoms with E-state index in [0.29, 0.717) is 12.4 Å². The van der Waals surface area contributed by atoms with Crippen molar-refractivity contribution in [3.8, 4) is 0 Å². The Bertz CT molecular complexity index is 655. The molecule has 1 heterocycles. The Kier molecular flexibility index (Phi) is 4.45. The van der Waals surface area contributed by atoms with Crippen LogP contribution in [0.5, 0.6) is 0 Å². The largest absolute Gasteiger partial charge is 0.365 e. The van der Waals surface area contributed by atoms with E-state index in [0.717, 1.165) is 11.3 Å². The Balaban J connectivity index is 1.98. The first-order valence-corrected chi connectivity index (χ1v) is 6.27. The number of anilines is 2. The van der Waals surface area contributed by atoms with Gasteiger partial charge in [-0.2, -0.15) is 0 Å². The zero-order valence-corrected chi connectivity index (χ0v) is 11.5. The van der Waals surface area contributed by atoms with Crippen LogP contribution in [0.1, 0.15) is 23.0 Å². The number of aromatic nitrogens is 2. The monoisotopic (exact) mass is 285 g/mol. The Morgan fingerprint density at radius 1 is 1.19 bits per heavy atom. The second kappa shape index (κ2) is 6.47. The SMILES string of the molecule is CC(=O)Nc1ccc(CNc2cncc(C(N)=O)n2)cc1. The first-order chi connectivity index (χ1) is 10.0. The van der Waals surface area contributed by atoms with E-state index in [-0.39, 0.29) is 11.6 Å². The first kappa shape index (κ1) is 14.4. The molecule has 0 spiro atoms. The fourth-order valence-electron chi connectivity index (χ4n) is 1.67. The number of nitrogens with one attached hydrogen (secondary N) is 2. The van der Waals surface area contributed by atoms with Crippen molar-refractivity contribution in [1.29, 1.82) is 0 Å². The average molecular weight is 285 g/mol. The normalized spacial score (nSPS) is 9.95. The maximum Gasteiger partial charge on any atom is 0.268 e. The maximum atomic E-state index is 11.0. The summed E-state index contributed by atoms with van der Waals surface area (Å²) in [7, 11) is 0. The van der Waals surface area contributed by atoms with Gasteiger partial charge in [0.25, 0.3) is 5.91 Å². The first-order valence-electron chi connectivity index (χ1n) is 6.27. The molecule has 0 unspecified atom stereocenters. The van der Waals surface area contributed by atoms with Crippen LogP contribution in [0.4, 0.5) is 11.5 Å². The molecule has 0 atom stereocenters. The average Bonchev–Trinajstić information content (AvgIpc) is 2.46. The molecule has 1 aromatic heterocycles. The minimum Gasteiger partial charge on any atom is -0.365 e. The van der Waals surface area contributed by atoms with Crippen molar-refractivity contribution in [3.05, 3.63) is 47.9 Å². The molecule has 7 heteroatoms. The van der Waals surface area contributed by atoms with Crippen molar-refractivity contribution in [3.63, 3.8) is 0 Å². The standard InChI is InChI=1S/C14H15N5O2/c1-9(20)18-11-4-2-10(3-5-11)6-17-13-8-16-7-12(19-13)14(15)21/h2-5,7-8H,6H2,1H3,(H2,15,21)(H,17,19)(H,18,20). The highest BCUT2D eigenvalue weighted by atomic mass is 16.1. The summed E-state index contributed by atoms with van der Waals surface area (Å²) in [6.07, 6.45) is 2.83. The number of primary amides is 1. The summed E-state index contributed by atoms with van der Waals surface area (Å²) in [6.45, 7) is 1.97. The van der Waals surface area contributed by atoms with Gasteiger partial charge in [0.2, 0.25) is 5.91 Å². The Morgan fingerprint density at radius 3 is 2.52 bits per heavy atom. The molecule has 4 N–H and O–H groups in total. The fraction of sp³-hybridized carbons (Fsp3) is 0.143. The van der Waals surface area contributed by atoms with Crippen LogP contribution in [-0.4, -0.2) is 21.8 Å². The van der Waals surface area contributed by atoms with Gasteiger partial charge in [-0.3, -0.25) is 14.6 Å². The molecule has 0 aliphatic heterocycles. The number of benzene rings is 1. The maximum absolute atomic E-state index is 11.0. The molecule has 2 aromatic rings. The summed E-state index contributed by atoms with van der Waals surface area (Å²) in [5, 5.41) is 5.74. The number of nitrogens with two attached hydrogens (primary N) is 1. The zero-order chi connectivity index (χ0) is 15.2. The molecule has 0 aliphatic carbocycles. The van der Waals surface area contributed by atoms with Crippen LogP contribution in [0.3, 0.4) is 0 Å². The van der Waals surface area contributed by atoms with Crippen molar-refractivity contribution in [2.75, 3.05) is 10.6 Å². The van der Waals surface area contributed by atoms with E-state index < -0.39 is 5.91 Å². The van der Waals surface area contributed by atoms with Gasteiger partial charge in [-0.1, -0.05) is 12.1 Å². The molecule has 2 rings (SSSR count). The van der Waals surface area contributed by atoms with E-state index in [1.54, 1.807) is 0 Å². The predicted molar refractivity (Wildman–Crippen MR) is 78.6 cm³/mol. The number of carbonyl (C=O) groups is 2. The lowest BCUT2D eigenvalue weighted by Crippen LogP contribution is -2.14. The van der Waals surface area contributed by atoms with Gasteiger partial charge in [-0.05, 0) is 17.7 Å². The Hall–Kier alpha value is -2.96. The van der Waals surface area contributed by atoms with E-state index in [1.807, 2.05) is 24.3 Å². The summed E-state index contributed by atoms with van der Waals surface area (Å²) in [4.78, 5) is 29.9. The highest BCUT2D eigenvalue weighted by molar-refractivity contribution is 5.90. The summed E-state index contributed by atoms with van der Waals surface area (Å²) >= 11 is 0. The number of hydrogen-bond acceptors (Lipinski definition) is 5. The predicted octanol–water partition coefficient (Wildman–Crippen LogP) is 1.15. The van der Waals surface area contributed by atoms with Gasteiger partial charge < -0.3 is 16.4 Å². The van der Waals surface area contributed by atoms with E-state index in [2.05, 4.69) is 20.6 Å². The van der Waals surface area contributed by atoms with Gasteiger partial charge in [0.05, 0.1) is 12.4 Å². The Morgan fingerprint density at radius 2 is 1.90 bits per heavy atom. The van der Waals surface area contributed by atoms with Crippen LogP contribution < -0.4 is 16.4 Å². The lowest BCUT2D eigenvalue weighted by molar-refractivity contribution is -0.114. The number of hydrogen-bond donors (Lipinski definition) is 3. The number of nitrogens with zero attached hydrogens (tertiary/aromatic N) is 2. The molecule has 21 heavy (non-hydrogen) atoms. The second-order valence-electron chi connectivity index (χ2n) is 4.39. The third-order valence-corrected chi connectivity index (χ3v) is 2.63. The third kappa shape index (κ3) is 4.27. The number of carbonyl (C=O) groups excluding carboxylic acids is 2. The van der Waals surface area contributed by atoms with Gasteiger partial charge in [0.15, 0.2) is 0 Å². The number of rotatable bonds is 5. The molecule has 1 aromatic carbocycles. The molecule has 0 bridgehead atoms. The van der Waals surface area contributed by atoms with Gasteiger partial charge >= 0.3 is 0 Å². The summed E-state index contributed by atoms with van der Waals surface area (Å²) < 4.78 is 0. The smallest absolute Gasteiger partial charge is 0.268 e. The molecule has 0 fully saturated rings. The van der Waals surface area contributed by atoms with Crippen molar-refractivity contribution >= 4 is 23.3 Å². The Labute approximate surface area is 121 Å². The molecule has 2 amide bonds. The topological polar surface area (TPSA) is 110 Å². The molecular weight excluding hydrogens is 270 g/mol. The molecule has 0 saturated heterocycles. The van der Waals surface area contributed by atoms with Crippen molar-refractivity contribution in [2.45, 2.75) is 13.5 Å². The van der Waals surface area contributed by atoms with Crippen molar-refractivity contribution < 1.29 is 9.59 Å². The molecule has 7 nitrogen and oxygen atoms in total. The second-order valence-corrected chi connectivity index (χ2v) is 4.39. The van der Waals surface area contributed by atoms with Crippen LogP contribution in [0.2, 0.25) is 0 Å². The lowest BCUT2D eigenvalue weighted by Gasteiger charge is -2.07. The molecule has 0 aliphatic rings. The minimum absolute atomic E-state index is 0.112. The number of amides is 2. The van der Waals surface area contributed by atoms with E-state index >= 15 is 0 Å². The minimum atomic E-state index is -0.620. The third-order valence-electron chi connectivity index (χ3n) is 2.63. The van der Waals surface area contributed by atoms with Crippen LogP contribution in [0.25, 0.3) is 0 Å². The van der Waals surface area contributed by atoms with Crippen molar-refractivity contribution in [2.24, 2.45) is 5.73 Å². The van der Waals surface area contributed by atoms with Crippen molar-refractivity contribution in [1.82, 2.24) is 9.97 Å². The van der Waals surface area contributed by atoms with Gasteiger partial charge in [-0.15, -0.1) is 0 Å². The van der Waals surface area contributed by atoms with Crippen LogP contribution in [0, 0.1) is 0 Å². The fourth-order valence-corrected chi connectivity index (χ4v) is 1.67. The van der Waals surface area contributed by atoms with E-state index in [4.69, 9.17) is 5.73 Å². The summed E-state index contributed by atoms with van der Waals surface area (Å²) in [6, 6.07) is 7.38. The van der Waals surface area contributed by atoms with Gasteiger partial charge in [-0.25, -0.2) is 4.98 Å². The highest BCUT2D eigenvalue weighted by Crippen LogP contribution is 2.11. The molecule has 0 saturated carbocycles. The molecule has 108 valence electrons. The van der Waals surface area contributed by atoms with Crippen LogP contribution in [0.15, 0.2) is 36.7 Å². The highest BCUT2D eigenvalue weighted by Gasteiger charge is 2.04. The van der Waals surface area contributed by atoms with Gasteiger partial charge in [0, 0.05) is 19.2 Å². The quantitative estimate of drug-likeness (QED) is 0.763. The lowest BCUT2D eigenvalue weighted by atomic mass is 10.2. The van der Waals surface area contributed by atoms with Crippen LogP contribution >= 0.6 is 0 Å². The zero-order valence-electron chi connectivity index (χ0n) is 11.5. The molecule has 0 radical (unpaired) electrons. The summed E-state index contributed by atoms with van der Waals surface area (Å²) in [5.74, 6) is -0.262.